The fourth-order valence-electron chi connectivity index (χ4n) is 0.884. The molecule has 0 saturated heterocycles. The van der Waals surface area contributed by atoms with Crippen LogP contribution in [0.15, 0.2) is 29.2 Å². The van der Waals surface area contributed by atoms with Gasteiger partial charge in [0.05, 0.1) is 0 Å². The van der Waals surface area contributed by atoms with Crippen molar-refractivity contribution in [3.8, 4) is 0 Å². The Labute approximate surface area is 77.8 Å². The Morgan fingerprint density at radius 3 is 2.42 bits per heavy atom. The maximum atomic E-state index is 12.7. The molecule has 3 heteroatoms. The lowest BCUT2D eigenvalue weighted by molar-refractivity contribution is 0.624. The van der Waals surface area contributed by atoms with Crippen molar-refractivity contribution in [1.82, 2.24) is 0 Å². The molecule has 0 unspecified atom stereocenters. The summed E-state index contributed by atoms with van der Waals surface area (Å²) >= 11 is 1.81. The molecule has 0 aromatic heterocycles. The summed E-state index contributed by atoms with van der Waals surface area (Å²) in [6.07, 6.45) is 0. The van der Waals surface area contributed by atoms with Crippen molar-refractivity contribution in [2.24, 2.45) is 0 Å². The van der Waals surface area contributed by atoms with Crippen LogP contribution in [0.3, 0.4) is 0 Å². The van der Waals surface area contributed by atoms with E-state index in [-0.39, 0.29) is 5.82 Å². The molecule has 1 aromatic rings. The summed E-state index contributed by atoms with van der Waals surface area (Å²) < 4.78 is 12.7. The molecule has 0 fully saturated rings. The predicted octanol–water partition coefficient (Wildman–Crippen LogP) is 3.75. The number of benzene rings is 1. The van der Waals surface area contributed by atoms with Crippen LogP contribution in [0.25, 0.3) is 0 Å². The summed E-state index contributed by atoms with van der Waals surface area (Å²) in [7, 11) is -1.17. The van der Waals surface area contributed by atoms with Crippen LogP contribution in [0.5, 0.6) is 0 Å². The SMILES string of the molecule is C[Si](C)(C)Sc1cccc(F)c1. The monoisotopic (exact) mass is 200 g/mol. The van der Waals surface area contributed by atoms with Crippen LogP contribution in [0, 0.1) is 5.82 Å². The van der Waals surface area contributed by atoms with E-state index in [0.717, 1.165) is 4.90 Å². The van der Waals surface area contributed by atoms with Gasteiger partial charge < -0.3 is 0 Å². The Bertz CT molecular complexity index is 267. The highest BCUT2D eigenvalue weighted by molar-refractivity contribution is 8.28. The lowest BCUT2D eigenvalue weighted by atomic mass is 10.4. The largest absolute Gasteiger partial charge is 0.207 e. The van der Waals surface area contributed by atoms with Crippen molar-refractivity contribution >= 4 is 18.4 Å². The van der Waals surface area contributed by atoms with Crippen molar-refractivity contribution < 1.29 is 4.39 Å². The van der Waals surface area contributed by atoms with Crippen LogP contribution in [0.1, 0.15) is 0 Å². The van der Waals surface area contributed by atoms with Gasteiger partial charge in [-0.2, -0.15) is 11.2 Å². The number of hydrogen-bond acceptors (Lipinski definition) is 1. The van der Waals surface area contributed by atoms with E-state index in [1.165, 1.54) is 6.07 Å². The molecule has 0 aliphatic carbocycles. The second-order valence-corrected chi connectivity index (χ2v) is 12.9. The molecule has 0 N–H and O–H groups in total. The third kappa shape index (κ3) is 3.41. The molecule has 1 rings (SSSR count). The van der Waals surface area contributed by atoms with Crippen LogP contribution in [0.4, 0.5) is 4.39 Å². The zero-order chi connectivity index (χ0) is 9.19. The van der Waals surface area contributed by atoms with Crippen LogP contribution in [-0.2, 0) is 0 Å². The van der Waals surface area contributed by atoms with Gasteiger partial charge in [0, 0.05) is 4.90 Å². The van der Waals surface area contributed by atoms with Crippen molar-refractivity contribution in [3.05, 3.63) is 30.1 Å². The number of halogens is 1. The first-order chi connectivity index (χ1) is 5.47. The summed E-state index contributed by atoms with van der Waals surface area (Å²) in [6.45, 7) is 6.76. The highest BCUT2D eigenvalue weighted by Crippen LogP contribution is 2.28. The van der Waals surface area contributed by atoms with Gasteiger partial charge in [0.2, 0.25) is 0 Å². The molecule has 0 amide bonds. The first-order valence-electron chi connectivity index (χ1n) is 3.92. The molecule has 1 aromatic carbocycles. The Morgan fingerprint density at radius 2 is 1.92 bits per heavy atom. The average molecular weight is 200 g/mol. The van der Waals surface area contributed by atoms with Gasteiger partial charge in [-0.15, -0.1) is 0 Å². The van der Waals surface area contributed by atoms with E-state index >= 15 is 0 Å². The molecule has 0 radical (unpaired) electrons. The van der Waals surface area contributed by atoms with E-state index in [0.29, 0.717) is 0 Å². The molecule has 0 atom stereocenters. The first kappa shape index (κ1) is 9.80. The summed E-state index contributed by atoms with van der Waals surface area (Å²) in [6, 6.07) is 6.81. The minimum atomic E-state index is -1.17. The number of hydrogen-bond donors (Lipinski definition) is 0. The molecule has 0 bridgehead atoms. The summed E-state index contributed by atoms with van der Waals surface area (Å²) in [5, 5.41) is 0. The fourth-order valence-corrected chi connectivity index (χ4v) is 4.41. The lowest BCUT2D eigenvalue weighted by Gasteiger charge is -2.14. The first-order valence-corrected chi connectivity index (χ1v) is 8.96. The Hall–Kier alpha value is -0.283. The minimum Gasteiger partial charge on any atom is -0.207 e. The Morgan fingerprint density at radius 1 is 1.25 bits per heavy atom. The third-order valence-electron chi connectivity index (χ3n) is 1.22. The smallest absolute Gasteiger partial charge is 0.124 e. The summed E-state index contributed by atoms with van der Waals surface area (Å²) in [5.41, 5.74) is 0. The van der Waals surface area contributed by atoms with Crippen LogP contribution < -0.4 is 0 Å². The lowest BCUT2D eigenvalue weighted by Crippen LogP contribution is -2.13. The quantitative estimate of drug-likeness (QED) is 0.655. The number of rotatable bonds is 2. The molecule has 12 heavy (non-hydrogen) atoms. The van der Waals surface area contributed by atoms with Gasteiger partial charge in [0.1, 0.15) is 13.0 Å². The van der Waals surface area contributed by atoms with Crippen molar-refractivity contribution in [3.63, 3.8) is 0 Å². The normalized spacial score (nSPS) is 11.7. The van der Waals surface area contributed by atoms with E-state index in [1.54, 1.807) is 12.1 Å². The molecule has 0 aliphatic rings. The molecule has 0 spiro atoms. The second kappa shape index (κ2) is 3.62. The highest BCUT2D eigenvalue weighted by atomic mass is 32.4. The fraction of sp³-hybridized carbons (Fsp3) is 0.333. The molecule has 66 valence electrons. The predicted molar refractivity (Wildman–Crippen MR) is 55.6 cm³/mol. The van der Waals surface area contributed by atoms with Gasteiger partial charge in [-0.05, 0) is 18.2 Å². The van der Waals surface area contributed by atoms with E-state index in [9.17, 15) is 4.39 Å². The van der Waals surface area contributed by atoms with E-state index < -0.39 is 7.22 Å². The molecule has 0 heterocycles. The summed E-state index contributed by atoms with van der Waals surface area (Å²) in [5.74, 6) is -0.141. The van der Waals surface area contributed by atoms with Crippen LogP contribution in [0.2, 0.25) is 19.6 Å². The van der Waals surface area contributed by atoms with E-state index in [1.807, 2.05) is 17.3 Å². The standard InChI is InChI=1S/C9H13FSSi/c1-12(2,3)11-9-6-4-5-8(10)7-9/h4-7H,1-3H3. The Kier molecular flexibility index (Phi) is 2.96. The topological polar surface area (TPSA) is 0 Å². The van der Waals surface area contributed by atoms with E-state index in [4.69, 9.17) is 0 Å². The molecule has 0 saturated carbocycles. The van der Waals surface area contributed by atoms with Crippen molar-refractivity contribution in [2.45, 2.75) is 24.5 Å². The highest BCUT2D eigenvalue weighted by Gasteiger charge is 2.14. The minimum absolute atomic E-state index is 0.141. The second-order valence-electron chi connectivity index (χ2n) is 3.67. The average Bonchev–Trinajstić information content (AvgIpc) is 1.82. The molecule has 0 aliphatic heterocycles. The summed E-state index contributed by atoms with van der Waals surface area (Å²) in [4.78, 5) is 1.05. The van der Waals surface area contributed by atoms with Crippen LogP contribution in [-0.4, -0.2) is 7.22 Å². The third-order valence-corrected chi connectivity index (χ3v) is 4.87. The van der Waals surface area contributed by atoms with E-state index in [2.05, 4.69) is 19.6 Å². The van der Waals surface area contributed by atoms with Gasteiger partial charge in [0.25, 0.3) is 0 Å². The molecule has 0 nitrogen and oxygen atoms in total. The van der Waals surface area contributed by atoms with Gasteiger partial charge in [-0.3, -0.25) is 0 Å². The molecular weight excluding hydrogens is 187 g/mol. The maximum absolute atomic E-state index is 12.7. The van der Waals surface area contributed by atoms with Gasteiger partial charge >= 0.3 is 0 Å². The zero-order valence-electron chi connectivity index (χ0n) is 7.60. The maximum Gasteiger partial charge on any atom is 0.124 e. The van der Waals surface area contributed by atoms with Crippen molar-refractivity contribution in [2.75, 3.05) is 0 Å². The van der Waals surface area contributed by atoms with Gasteiger partial charge in [-0.1, -0.05) is 25.7 Å². The van der Waals surface area contributed by atoms with Crippen LogP contribution >= 0.6 is 11.2 Å². The molecular formula is C9H13FSSi. The Balaban J connectivity index is 2.77. The zero-order valence-corrected chi connectivity index (χ0v) is 9.41. The van der Waals surface area contributed by atoms with Gasteiger partial charge in [0.15, 0.2) is 0 Å². The van der Waals surface area contributed by atoms with Crippen molar-refractivity contribution in [1.29, 1.82) is 0 Å². The van der Waals surface area contributed by atoms with Gasteiger partial charge in [-0.25, -0.2) is 4.39 Å².